The van der Waals surface area contributed by atoms with Crippen LogP contribution in [0.3, 0.4) is 0 Å². The third kappa shape index (κ3) is 3.41. The van der Waals surface area contributed by atoms with E-state index in [1.165, 1.54) is 12.1 Å². The minimum atomic E-state index is -0.636. The summed E-state index contributed by atoms with van der Waals surface area (Å²) >= 11 is 2.16. The van der Waals surface area contributed by atoms with E-state index in [4.69, 9.17) is 0 Å². The first kappa shape index (κ1) is 15.1. The normalized spacial score (nSPS) is 10.7. The summed E-state index contributed by atoms with van der Waals surface area (Å²) in [7, 11) is 0. The zero-order chi connectivity index (χ0) is 14.7. The van der Waals surface area contributed by atoms with E-state index < -0.39 is 11.6 Å². The van der Waals surface area contributed by atoms with Gasteiger partial charge in [-0.2, -0.15) is 0 Å². The van der Waals surface area contributed by atoms with Crippen LogP contribution >= 0.6 is 22.6 Å². The molecule has 0 aliphatic heterocycles. The Kier molecular flexibility index (Phi) is 4.85. The minimum absolute atomic E-state index is 0.319. The van der Waals surface area contributed by atoms with Crippen LogP contribution in [0.1, 0.15) is 19.0 Å². The zero-order valence-corrected chi connectivity index (χ0v) is 13.3. The smallest absolute Gasteiger partial charge is 0.162 e. The second-order valence-corrected chi connectivity index (χ2v) is 5.46. The van der Waals surface area contributed by atoms with Gasteiger partial charge in [-0.3, -0.25) is 0 Å². The topological polar surface area (TPSA) is 37.8 Å². The van der Waals surface area contributed by atoms with Gasteiger partial charge >= 0.3 is 0 Å². The van der Waals surface area contributed by atoms with Crippen LogP contribution in [0, 0.1) is 22.1 Å². The van der Waals surface area contributed by atoms with Crippen LogP contribution in [0.15, 0.2) is 18.2 Å². The molecule has 0 radical (unpaired) electrons. The van der Waals surface area contributed by atoms with Crippen molar-refractivity contribution < 1.29 is 8.78 Å². The minimum Gasteiger partial charge on any atom is -0.369 e. The molecule has 106 valence electrons. The summed E-state index contributed by atoms with van der Waals surface area (Å²) in [4.78, 5) is 8.66. The molecule has 0 spiro atoms. The van der Waals surface area contributed by atoms with E-state index in [1.807, 2.05) is 6.92 Å². The van der Waals surface area contributed by atoms with Crippen LogP contribution < -0.4 is 5.32 Å². The van der Waals surface area contributed by atoms with Crippen LogP contribution in [0.4, 0.5) is 14.6 Å². The Morgan fingerprint density at radius 1 is 1.15 bits per heavy atom. The number of benzene rings is 1. The number of nitrogens with zero attached hydrogens (tertiary/aromatic N) is 2. The summed E-state index contributed by atoms with van der Waals surface area (Å²) < 4.78 is 27.5. The molecular formula is C14H14F2IN3. The Balaban J connectivity index is 2.48. The van der Waals surface area contributed by atoms with Crippen molar-refractivity contribution in [3.63, 3.8) is 0 Å². The van der Waals surface area contributed by atoms with Crippen LogP contribution in [-0.2, 0) is 0 Å². The van der Waals surface area contributed by atoms with E-state index in [-0.39, 0.29) is 0 Å². The average Bonchev–Trinajstić information content (AvgIpc) is 2.39. The molecule has 0 aliphatic carbocycles. The highest BCUT2D eigenvalue weighted by Crippen LogP contribution is 2.24. The number of aromatic nitrogens is 2. The lowest BCUT2D eigenvalue weighted by molar-refractivity contribution is 0.584. The molecule has 3 nitrogen and oxygen atoms in total. The van der Waals surface area contributed by atoms with Gasteiger partial charge in [0.15, 0.2) is 5.82 Å². The fourth-order valence-corrected chi connectivity index (χ4v) is 2.16. The Morgan fingerprint density at radius 2 is 1.80 bits per heavy atom. The molecule has 1 heterocycles. The molecule has 0 saturated carbocycles. The molecule has 0 bridgehead atoms. The Hall–Kier alpha value is -1.31. The van der Waals surface area contributed by atoms with Gasteiger partial charge in [-0.1, -0.05) is 6.92 Å². The van der Waals surface area contributed by atoms with E-state index in [0.717, 1.165) is 28.3 Å². The number of hydrogen-bond donors (Lipinski definition) is 1. The predicted octanol–water partition coefficient (Wildman–Crippen LogP) is 4.16. The fraction of sp³-hybridized carbons (Fsp3) is 0.286. The highest BCUT2D eigenvalue weighted by Gasteiger charge is 2.12. The van der Waals surface area contributed by atoms with E-state index in [9.17, 15) is 8.78 Å². The van der Waals surface area contributed by atoms with Crippen molar-refractivity contribution >= 4 is 28.4 Å². The molecule has 0 aliphatic rings. The van der Waals surface area contributed by atoms with Gasteiger partial charge in [0.1, 0.15) is 17.5 Å². The van der Waals surface area contributed by atoms with Crippen molar-refractivity contribution in [1.82, 2.24) is 9.97 Å². The number of aryl methyl sites for hydroxylation is 1. The van der Waals surface area contributed by atoms with Crippen molar-refractivity contribution in [1.29, 1.82) is 0 Å². The Labute approximate surface area is 130 Å². The lowest BCUT2D eigenvalue weighted by Crippen LogP contribution is -2.07. The molecule has 0 unspecified atom stereocenters. The molecule has 1 aromatic heterocycles. The first-order valence-corrected chi connectivity index (χ1v) is 7.33. The van der Waals surface area contributed by atoms with Gasteiger partial charge in [0.05, 0.1) is 9.26 Å². The summed E-state index contributed by atoms with van der Waals surface area (Å²) in [5.74, 6) is -0.259. The molecule has 6 heteroatoms. The third-order valence-electron chi connectivity index (χ3n) is 2.68. The average molecular weight is 389 g/mol. The summed E-state index contributed by atoms with van der Waals surface area (Å²) in [6, 6.07) is 3.29. The largest absolute Gasteiger partial charge is 0.369 e. The molecule has 0 atom stereocenters. The third-order valence-corrected chi connectivity index (χ3v) is 3.97. The van der Waals surface area contributed by atoms with Gasteiger partial charge in [0.25, 0.3) is 0 Å². The lowest BCUT2D eigenvalue weighted by Gasteiger charge is -2.11. The summed E-state index contributed by atoms with van der Waals surface area (Å²) in [5, 5.41) is 3.20. The molecule has 20 heavy (non-hydrogen) atoms. The Morgan fingerprint density at radius 3 is 2.40 bits per heavy atom. The van der Waals surface area contributed by atoms with Crippen molar-refractivity contribution in [3.8, 4) is 11.4 Å². The van der Waals surface area contributed by atoms with Gasteiger partial charge in [0, 0.05) is 18.2 Å². The maximum absolute atomic E-state index is 13.3. The van der Waals surface area contributed by atoms with E-state index in [0.29, 0.717) is 17.2 Å². The predicted molar refractivity (Wildman–Crippen MR) is 83.6 cm³/mol. The monoisotopic (exact) mass is 389 g/mol. The highest BCUT2D eigenvalue weighted by molar-refractivity contribution is 14.1. The van der Waals surface area contributed by atoms with Gasteiger partial charge in [-0.15, -0.1) is 0 Å². The first-order chi connectivity index (χ1) is 9.51. The van der Waals surface area contributed by atoms with Gasteiger partial charge < -0.3 is 5.32 Å². The fourth-order valence-electron chi connectivity index (χ4n) is 1.73. The zero-order valence-electron chi connectivity index (χ0n) is 11.2. The maximum Gasteiger partial charge on any atom is 0.162 e. The molecule has 2 aromatic rings. The number of anilines is 1. The number of halogens is 3. The standard InChI is InChI=1S/C14H14F2IN3/c1-3-4-18-14-12(17)8(2)19-13(20-14)9-5-10(15)7-11(16)6-9/h5-7H,3-4H2,1-2H3,(H,18,19,20). The SMILES string of the molecule is CCCNc1nc(-c2cc(F)cc(F)c2)nc(C)c1I. The molecule has 0 amide bonds. The lowest BCUT2D eigenvalue weighted by atomic mass is 10.2. The van der Waals surface area contributed by atoms with Crippen molar-refractivity contribution in [2.24, 2.45) is 0 Å². The second kappa shape index (κ2) is 6.43. The van der Waals surface area contributed by atoms with Crippen LogP contribution in [0.25, 0.3) is 11.4 Å². The highest BCUT2D eigenvalue weighted by atomic mass is 127. The second-order valence-electron chi connectivity index (χ2n) is 4.38. The van der Waals surface area contributed by atoms with E-state index in [1.54, 1.807) is 0 Å². The van der Waals surface area contributed by atoms with Gasteiger partial charge in [-0.25, -0.2) is 18.7 Å². The molecule has 0 fully saturated rings. The van der Waals surface area contributed by atoms with E-state index in [2.05, 4.69) is 44.8 Å². The first-order valence-electron chi connectivity index (χ1n) is 6.25. The summed E-state index contributed by atoms with van der Waals surface area (Å²) in [6.07, 6.45) is 0.961. The summed E-state index contributed by atoms with van der Waals surface area (Å²) in [5.41, 5.74) is 1.11. The molecule has 2 rings (SSSR count). The Bertz CT molecular complexity index is 612. The summed E-state index contributed by atoms with van der Waals surface area (Å²) in [6.45, 7) is 4.68. The number of hydrogen-bond acceptors (Lipinski definition) is 3. The maximum atomic E-state index is 13.3. The van der Waals surface area contributed by atoms with Crippen LogP contribution in [-0.4, -0.2) is 16.5 Å². The van der Waals surface area contributed by atoms with Gasteiger partial charge in [-0.05, 0) is 48.1 Å². The van der Waals surface area contributed by atoms with Crippen LogP contribution in [0.2, 0.25) is 0 Å². The number of rotatable bonds is 4. The van der Waals surface area contributed by atoms with E-state index >= 15 is 0 Å². The number of nitrogens with one attached hydrogen (secondary N) is 1. The van der Waals surface area contributed by atoms with Crippen LogP contribution in [0.5, 0.6) is 0 Å². The molecular weight excluding hydrogens is 375 g/mol. The molecule has 1 N–H and O–H groups in total. The van der Waals surface area contributed by atoms with Crippen molar-refractivity contribution in [3.05, 3.63) is 39.1 Å². The van der Waals surface area contributed by atoms with Crippen molar-refractivity contribution in [2.75, 3.05) is 11.9 Å². The molecule has 0 saturated heterocycles. The molecule has 1 aromatic carbocycles. The quantitative estimate of drug-likeness (QED) is 0.799. The van der Waals surface area contributed by atoms with Gasteiger partial charge in [0.2, 0.25) is 0 Å². The van der Waals surface area contributed by atoms with Crippen molar-refractivity contribution in [2.45, 2.75) is 20.3 Å².